The topological polar surface area (TPSA) is 66.3 Å². The number of urea groups is 1. The summed E-state index contributed by atoms with van der Waals surface area (Å²) in [5.41, 5.74) is 0.941. The molecule has 0 spiro atoms. The van der Waals surface area contributed by atoms with Crippen LogP contribution in [0.2, 0.25) is 0 Å². The molecule has 0 aliphatic carbocycles. The van der Waals surface area contributed by atoms with Gasteiger partial charge in [0.2, 0.25) is 0 Å². The molecule has 0 saturated carbocycles. The second-order valence-electron chi connectivity index (χ2n) is 6.78. The number of rotatable bonds is 4. The third kappa shape index (κ3) is 3.82. The number of amides is 2. The molecule has 2 aromatic rings. The lowest BCUT2D eigenvalue weighted by molar-refractivity contribution is 0.210. The first kappa shape index (κ1) is 16.1. The standard InChI is InChI=1S/C18H24N6O/c25-18(23-11-6-16(14-23)22-9-3-4-10-22)20-17-7-12-24(21-17)13-15-5-1-2-8-19-15/h1-2,5,7-8,12,16H,3-4,6,9-11,13-14H2,(H,20,21,25)/t16-/m1/s1. The Balaban J connectivity index is 1.31. The molecular formula is C18H24N6O. The normalized spacial score (nSPS) is 21.0. The average Bonchev–Trinajstić information content (AvgIpc) is 3.37. The fraction of sp³-hybridized carbons (Fsp3) is 0.500. The van der Waals surface area contributed by atoms with Crippen molar-refractivity contribution in [2.45, 2.75) is 31.8 Å². The SMILES string of the molecule is O=C(Nc1ccn(Cc2ccccn2)n1)N1CC[C@@H](N2CCCC2)C1. The molecule has 2 aliphatic heterocycles. The number of likely N-dealkylation sites (tertiary alicyclic amines) is 2. The first-order chi connectivity index (χ1) is 12.3. The van der Waals surface area contributed by atoms with Crippen LogP contribution in [0, 0.1) is 0 Å². The number of aromatic nitrogens is 3. The molecule has 7 heteroatoms. The van der Waals surface area contributed by atoms with E-state index in [1.807, 2.05) is 35.4 Å². The largest absolute Gasteiger partial charge is 0.323 e. The Bertz CT molecular complexity index is 709. The van der Waals surface area contributed by atoms with Crippen LogP contribution in [0.25, 0.3) is 0 Å². The molecule has 0 bridgehead atoms. The minimum Gasteiger partial charge on any atom is -0.323 e. The second kappa shape index (κ2) is 7.23. The van der Waals surface area contributed by atoms with E-state index in [0.29, 0.717) is 18.4 Å². The number of carbonyl (C=O) groups excluding carboxylic acids is 1. The Morgan fingerprint density at radius 3 is 2.88 bits per heavy atom. The van der Waals surface area contributed by atoms with Crippen LogP contribution in [0.1, 0.15) is 25.0 Å². The van der Waals surface area contributed by atoms with Crippen molar-refractivity contribution in [2.24, 2.45) is 0 Å². The van der Waals surface area contributed by atoms with Gasteiger partial charge < -0.3 is 4.90 Å². The first-order valence-corrected chi connectivity index (χ1v) is 9.01. The summed E-state index contributed by atoms with van der Waals surface area (Å²) in [6.07, 6.45) is 7.28. The molecule has 0 radical (unpaired) electrons. The summed E-state index contributed by atoms with van der Waals surface area (Å²) < 4.78 is 1.79. The molecular weight excluding hydrogens is 316 g/mol. The Morgan fingerprint density at radius 1 is 1.20 bits per heavy atom. The van der Waals surface area contributed by atoms with Crippen molar-refractivity contribution < 1.29 is 4.79 Å². The summed E-state index contributed by atoms with van der Waals surface area (Å²) in [6, 6.07) is 8.11. The summed E-state index contributed by atoms with van der Waals surface area (Å²) in [7, 11) is 0. The number of anilines is 1. The van der Waals surface area contributed by atoms with E-state index in [1.54, 1.807) is 10.9 Å². The van der Waals surface area contributed by atoms with Crippen molar-refractivity contribution in [3.63, 3.8) is 0 Å². The third-order valence-electron chi connectivity index (χ3n) is 5.03. The minimum atomic E-state index is -0.0511. The van der Waals surface area contributed by atoms with Crippen molar-refractivity contribution in [1.82, 2.24) is 24.6 Å². The lowest BCUT2D eigenvalue weighted by Gasteiger charge is -2.23. The van der Waals surface area contributed by atoms with Gasteiger partial charge in [0.1, 0.15) is 0 Å². The molecule has 7 nitrogen and oxygen atoms in total. The van der Waals surface area contributed by atoms with Gasteiger partial charge in [-0.25, -0.2) is 4.79 Å². The highest BCUT2D eigenvalue weighted by Crippen LogP contribution is 2.21. The van der Waals surface area contributed by atoms with E-state index in [1.165, 1.54) is 25.9 Å². The van der Waals surface area contributed by atoms with Gasteiger partial charge in [-0.05, 0) is 44.5 Å². The molecule has 25 heavy (non-hydrogen) atoms. The summed E-state index contributed by atoms with van der Waals surface area (Å²) in [5, 5.41) is 7.34. The van der Waals surface area contributed by atoms with Crippen molar-refractivity contribution in [1.29, 1.82) is 0 Å². The van der Waals surface area contributed by atoms with Crippen molar-refractivity contribution in [3.05, 3.63) is 42.4 Å². The van der Waals surface area contributed by atoms with Crippen LogP contribution in [-0.4, -0.2) is 62.8 Å². The summed E-state index contributed by atoms with van der Waals surface area (Å²) in [5.74, 6) is 0.588. The second-order valence-corrected chi connectivity index (χ2v) is 6.78. The molecule has 1 N–H and O–H groups in total. The molecule has 2 aliphatic rings. The molecule has 4 heterocycles. The summed E-state index contributed by atoms with van der Waals surface area (Å²) in [6.45, 7) is 4.59. The predicted octanol–water partition coefficient (Wildman–Crippen LogP) is 2.03. The van der Waals surface area contributed by atoms with Gasteiger partial charge in [-0.15, -0.1) is 0 Å². The molecule has 2 aromatic heterocycles. The van der Waals surface area contributed by atoms with Gasteiger partial charge >= 0.3 is 6.03 Å². The highest BCUT2D eigenvalue weighted by atomic mass is 16.2. The quantitative estimate of drug-likeness (QED) is 0.925. The summed E-state index contributed by atoms with van der Waals surface area (Å²) >= 11 is 0. The molecule has 2 amide bonds. The zero-order chi connectivity index (χ0) is 17.1. The van der Waals surface area contributed by atoms with Gasteiger partial charge in [0.25, 0.3) is 0 Å². The molecule has 0 aromatic carbocycles. The maximum Gasteiger partial charge on any atom is 0.323 e. The minimum absolute atomic E-state index is 0.0511. The van der Waals surface area contributed by atoms with E-state index >= 15 is 0 Å². The smallest absolute Gasteiger partial charge is 0.323 e. The fourth-order valence-electron chi connectivity index (χ4n) is 3.69. The number of hydrogen-bond donors (Lipinski definition) is 1. The summed E-state index contributed by atoms with van der Waals surface area (Å²) in [4.78, 5) is 21.2. The molecule has 2 saturated heterocycles. The molecule has 1 atom stereocenters. The number of pyridine rings is 1. The number of nitrogens with one attached hydrogen (secondary N) is 1. The molecule has 2 fully saturated rings. The van der Waals surface area contributed by atoms with Crippen LogP contribution in [0.5, 0.6) is 0 Å². The molecule has 0 unspecified atom stereocenters. The average molecular weight is 340 g/mol. The van der Waals surface area contributed by atoms with Crippen molar-refractivity contribution >= 4 is 11.8 Å². The van der Waals surface area contributed by atoms with Crippen LogP contribution in [0.4, 0.5) is 10.6 Å². The van der Waals surface area contributed by atoms with E-state index in [9.17, 15) is 4.79 Å². The van der Waals surface area contributed by atoms with Crippen molar-refractivity contribution in [2.75, 3.05) is 31.5 Å². The Morgan fingerprint density at radius 2 is 2.08 bits per heavy atom. The van der Waals surface area contributed by atoms with E-state index in [-0.39, 0.29) is 6.03 Å². The van der Waals surface area contributed by atoms with Gasteiger partial charge in [0.05, 0.1) is 12.2 Å². The number of hydrogen-bond acceptors (Lipinski definition) is 4. The highest BCUT2D eigenvalue weighted by molar-refractivity contribution is 5.88. The van der Waals surface area contributed by atoms with Crippen LogP contribution in [0.15, 0.2) is 36.7 Å². The third-order valence-corrected chi connectivity index (χ3v) is 5.03. The zero-order valence-electron chi connectivity index (χ0n) is 14.3. The fourth-order valence-corrected chi connectivity index (χ4v) is 3.69. The van der Waals surface area contributed by atoms with Crippen LogP contribution >= 0.6 is 0 Å². The van der Waals surface area contributed by atoms with E-state index in [0.717, 1.165) is 25.2 Å². The van der Waals surface area contributed by atoms with Gasteiger partial charge in [-0.1, -0.05) is 6.07 Å². The van der Waals surface area contributed by atoms with Gasteiger partial charge in [0, 0.05) is 37.6 Å². The van der Waals surface area contributed by atoms with Crippen molar-refractivity contribution in [3.8, 4) is 0 Å². The highest BCUT2D eigenvalue weighted by Gasteiger charge is 2.31. The lowest BCUT2D eigenvalue weighted by atomic mass is 10.2. The maximum absolute atomic E-state index is 12.5. The predicted molar refractivity (Wildman–Crippen MR) is 95.4 cm³/mol. The maximum atomic E-state index is 12.5. The van der Waals surface area contributed by atoms with Gasteiger partial charge in [-0.2, -0.15) is 5.10 Å². The van der Waals surface area contributed by atoms with Gasteiger partial charge in [0.15, 0.2) is 5.82 Å². The number of nitrogens with zero attached hydrogens (tertiary/aromatic N) is 5. The zero-order valence-corrected chi connectivity index (χ0v) is 14.3. The van der Waals surface area contributed by atoms with Crippen LogP contribution < -0.4 is 5.32 Å². The van der Waals surface area contributed by atoms with Crippen LogP contribution in [-0.2, 0) is 6.54 Å². The van der Waals surface area contributed by atoms with E-state index < -0.39 is 0 Å². The molecule has 4 rings (SSSR count). The van der Waals surface area contributed by atoms with Gasteiger partial charge in [-0.3, -0.25) is 19.9 Å². The Kier molecular flexibility index (Phi) is 4.65. The van der Waals surface area contributed by atoms with Crippen LogP contribution in [0.3, 0.4) is 0 Å². The first-order valence-electron chi connectivity index (χ1n) is 9.01. The number of carbonyl (C=O) groups is 1. The monoisotopic (exact) mass is 340 g/mol. The Labute approximate surface area is 147 Å². The van der Waals surface area contributed by atoms with E-state index in [4.69, 9.17) is 0 Å². The lowest BCUT2D eigenvalue weighted by Crippen LogP contribution is -2.38. The molecule has 132 valence electrons. The van der Waals surface area contributed by atoms with E-state index in [2.05, 4.69) is 20.3 Å². The Hall–Kier alpha value is -2.41.